The Labute approximate surface area is 121 Å². The van der Waals surface area contributed by atoms with Gasteiger partial charge in [-0.15, -0.1) is 0 Å². The highest BCUT2D eigenvalue weighted by atomic mass is 15.2. The van der Waals surface area contributed by atoms with Gasteiger partial charge in [0.2, 0.25) is 0 Å². The van der Waals surface area contributed by atoms with Crippen LogP contribution in [0.25, 0.3) is 0 Å². The third-order valence-electron chi connectivity index (χ3n) is 4.15. The summed E-state index contributed by atoms with van der Waals surface area (Å²) in [7, 11) is 0. The maximum Gasteiger partial charge on any atom is 0.0197 e. The first-order chi connectivity index (χ1) is 9.22. The molecule has 2 heteroatoms. The molecule has 1 heterocycles. The van der Waals surface area contributed by atoms with Gasteiger partial charge in [0, 0.05) is 12.6 Å². The molecule has 1 atom stereocenters. The predicted octanol–water partition coefficient (Wildman–Crippen LogP) is 4.06. The molecule has 0 aromatic heterocycles. The number of nitrogens with zero attached hydrogens (tertiary/aromatic N) is 1. The minimum absolute atomic E-state index is 0.725. The van der Waals surface area contributed by atoms with Crippen LogP contribution in [0.3, 0.4) is 0 Å². The van der Waals surface area contributed by atoms with Gasteiger partial charge in [-0.3, -0.25) is 0 Å². The largest absolute Gasteiger partial charge is 0.313 e. The molecule has 114 valence electrons. The number of nitrogens with one attached hydrogen (secondary N) is 1. The fraction of sp³-hybridized carbons (Fsp3) is 1.00. The van der Waals surface area contributed by atoms with E-state index in [9.17, 15) is 0 Å². The highest BCUT2D eigenvalue weighted by Crippen LogP contribution is 2.11. The number of hydrogen-bond acceptors (Lipinski definition) is 2. The Balaban J connectivity index is 2.13. The zero-order chi connectivity index (χ0) is 13.9. The first-order valence-corrected chi connectivity index (χ1v) is 8.68. The van der Waals surface area contributed by atoms with Crippen molar-refractivity contribution in [2.45, 2.75) is 78.2 Å². The van der Waals surface area contributed by atoms with E-state index in [1.54, 1.807) is 0 Å². The molecule has 0 amide bonds. The second kappa shape index (κ2) is 10.7. The quantitative estimate of drug-likeness (QED) is 0.635. The van der Waals surface area contributed by atoms with Gasteiger partial charge in [-0.1, -0.05) is 52.9 Å². The van der Waals surface area contributed by atoms with Crippen molar-refractivity contribution in [2.24, 2.45) is 5.92 Å². The van der Waals surface area contributed by atoms with Gasteiger partial charge in [-0.05, 0) is 44.8 Å². The number of rotatable bonds is 9. The van der Waals surface area contributed by atoms with E-state index in [2.05, 4.69) is 31.0 Å². The highest BCUT2D eigenvalue weighted by Gasteiger charge is 2.17. The summed E-state index contributed by atoms with van der Waals surface area (Å²) >= 11 is 0. The molecule has 0 aromatic carbocycles. The van der Waals surface area contributed by atoms with E-state index in [0.717, 1.165) is 12.0 Å². The molecule has 19 heavy (non-hydrogen) atoms. The van der Waals surface area contributed by atoms with Crippen molar-refractivity contribution in [3.05, 3.63) is 0 Å². The lowest BCUT2D eigenvalue weighted by Gasteiger charge is -2.25. The van der Waals surface area contributed by atoms with Crippen molar-refractivity contribution >= 4 is 0 Å². The van der Waals surface area contributed by atoms with Crippen LogP contribution in [0.4, 0.5) is 0 Å². The summed E-state index contributed by atoms with van der Waals surface area (Å²) < 4.78 is 0. The van der Waals surface area contributed by atoms with Gasteiger partial charge in [-0.25, -0.2) is 0 Å². The van der Waals surface area contributed by atoms with Crippen LogP contribution in [0.5, 0.6) is 0 Å². The fourth-order valence-electron chi connectivity index (χ4n) is 3.12. The van der Waals surface area contributed by atoms with Gasteiger partial charge in [0.15, 0.2) is 0 Å². The van der Waals surface area contributed by atoms with Crippen LogP contribution in [0.2, 0.25) is 0 Å². The summed E-state index contributed by atoms with van der Waals surface area (Å²) in [6.07, 6.45) is 11.1. The van der Waals surface area contributed by atoms with Crippen LogP contribution in [0.15, 0.2) is 0 Å². The molecule has 1 rings (SSSR count). The molecule has 1 fully saturated rings. The monoisotopic (exact) mass is 268 g/mol. The van der Waals surface area contributed by atoms with Crippen molar-refractivity contribution in [3.63, 3.8) is 0 Å². The van der Waals surface area contributed by atoms with E-state index in [1.807, 2.05) is 0 Å². The minimum Gasteiger partial charge on any atom is -0.313 e. The molecule has 1 saturated heterocycles. The SMILES string of the molecule is CCCCCCCCN1CCCNC(CC(C)C)C1. The molecule has 1 aliphatic rings. The molecule has 1 N–H and O–H groups in total. The summed E-state index contributed by atoms with van der Waals surface area (Å²) in [5.41, 5.74) is 0. The Kier molecular flexibility index (Phi) is 9.54. The Hall–Kier alpha value is -0.0800. The average Bonchev–Trinajstić information content (AvgIpc) is 2.58. The summed E-state index contributed by atoms with van der Waals surface area (Å²) in [5, 5.41) is 3.72. The molecule has 0 spiro atoms. The van der Waals surface area contributed by atoms with E-state index in [1.165, 1.54) is 77.5 Å². The van der Waals surface area contributed by atoms with Gasteiger partial charge in [0.25, 0.3) is 0 Å². The van der Waals surface area contributed by atoms with Crippen LogP contribution in [-0.4, -0.2) is 37.1 Å². The molecule has 0 aromatic rings. The Bertz CT molecular complexity index is 203. The molecular weight excluding hydrogens is 232 g/mol. The molecule has 1 unspecified atom stereocenters. The molecule has 0 radical (unpaired) electrons. The molecule has 0 saturated carbocycles. The van der Waals surface area contributed by atoms with Gasteiger partial charge in [0.05, 0.1) is 0 Å². The highest BCUT2D eigenvalue weighted by molar-refractivity contribution is 4.77. The Morgan fingerprint density at radius 2 is 1.84 bits per heavy atom. The Morgan fingerprint density at radius 3 is 2.58 bits per heavy atom. The van der Waals surface area contributed by atoms with Crippen LogP contribution >= 0.6 is 0 Å². The first kappa shape index (κ1) is 17.0. The van der Waals surface area contributed by atoms with Crippen LogP contribution in [0, 0.1) is 5.92 Å². The first-order valence-electron chi connectivity index (χ1n) is 8.68. The van der Waals surface area contributed by atoms with Crippen molar-refractivity contribution in [3.8, 4) is 0 Å². The summed E-state index contributed by atoms with van der Waals surface area (Å²) in [6, 6.07) is 0.725. The van der Waals surface area contributed by atoms with Gasteiger partial charge >= 0.3 is 0 Å². The molecule has 2 nitrogen and oxygen atoms in total. The van der Waals surface area contributed by atoms with Crippen LogP contribution in [-0.2, 0) is 0 Å². The topological polar surface area (TPSA) is 15.3 Å². The second-order valence-electron chi connectivity index (χ2n) is 6.70. The summed E-state index contributed by atoms with van der Waals surface area (Å²) in [4.78, 5) is 2.70. The average molecular weight is 268 g/mol. The lowest BCUT2D eigenvalue weighted by molar-refractivity contribution is 0.249. The van der Waals surface area contributed by atoms with E-state index < -0.39 is 0 Å². The molecule has 1 aliphatic heterocycles. The summed E-state index contributed by atoms with van der Waals surface area (Å²) in [6.45, 7) is 12.1. The molecule has 0 bridgehead atoms. The van der Waals surface area contributed by atoms with E-state index in [0.29, 0.717) is 0 Å². The van der Waals surface area contributed by atoms with Crippen molar-refractivity contribution < 1.29 is 0 Å². The normalized spacial score (nSPS) is 21.8. The number of hydrogen-bond donors (Lipinski definition) is 1. The zero-order valence-electron chi connectivity index (χ0n) is 13.6. The number of unbranched alkanes of at least 4 members (excludes halogenated alkanes) is 5. The summed E-state index contributed by atoms with van der Waals surface area (Å²) in [5.74, 6) is 0.812. The van der Waals surface area contributed by atoms with Crippen molar-refractivity contribution in [1.82, 2.24) is 10.2 Å². The lowest BCUT2D eigenvalue weighted by atomic mass is 10.0. The van der Waals surface area contributed by atoms with Gasteiger partial charge in [-0.2, -0.15) is 0 Å². The third kappa shape index (κ3) is 8.65. The standard InChI is InChI=1S/C17H36N2/c1-4-5-6-7-8-9-12-19-13-10-11-18-17(15-19)14-16(2)3/h16-18H,4-15H2,1-3H3. The van der Waals surface area contributed by atoms with E-state index in [-0.39, 0.29) is 0 Å². The van der Waals surface area contributed by atoms with Crippen LogP contribution < -0.4 is 5.32 Å². The molecular formula is C17H36N2. The minimum atomic E-state index is 0.725. The molecule has 0 aliphatic carbocycles. The van der Waals surface area contributed by atoms with Gasteiger partial charge < -0.3 is 10.2 Å². The Morgan fingerprint density at radius 1 is 1.11 bits per heavy atom. The fourth-order valence-corrected chi connectivity index (χ4v) is 3.12. The lowest BCUT2D eigenvalue weighted by Crippen LogP contribution is -2.38. The predicted molar refractivity (Wildman–Crippen MR) is 85.7 cm³/mol. The van der Waals surface area contributed by atoms with Gasteiger partial charge in [0.1, 0.15) is 0 Å². The zero-order valence-corrected chi connectivity index (χ0v) is 13.6. The maximum atomic E-state index is 3.72. The van der Waals surface area contributed by atoms with Crippen molar-refractivity contribution in [2.75, 3.05) is 26.2 Å². The van der Waals surface area contributed by atoms with E-state index >= 15 is 0 Å². The second-order valence-corrected chi connectivity index (χ2v) is 6.70. The van der Waals surface area contributed by atoms with E-state index in [4.69, 9.17) is 0 Å². The van der Waals surface area contributed by atoms with Crippen molar-refractivity contribution in [1.29, 1.82) is 0 Å². The third-order valence-corrected chi connectivity index (χ3v) is 4.15. The van der Waals surface area contributed by atoms with Crippen LogP contribution in [0.1, 0.15) is 72.1 Å². The maximum absolute atomic E-state index is 3.72. The smallest absolute Gasteiger partial charge is 0.0197 e.